The van der Waals surface area contributed by atoms with E-state index in [9.17, 15) is 18.0 Å². The second-order valence-corrected chi connectivity index (χ2v) is 7.72. The molecular formula is C19H19N3O5S. The van der Waals surface area contributed by atoms with Gasteiger partial charge in [-0.3, -0.25) is 19.3 Å². The first-order valence-corrected chi connectivity index (χ1v) is 10.1. The molecule has 1 atom stereocenters. The zero-order chi connectivity index (χ0) is 20.1. The summed E-state index contributed by atoms with van der Waals surface area (Å²) in [5.41, 5.74) is 1.07. The lowest BCUT2D eigenvalue weighted by atomic mass is 10.2. The summed E-state index contributed by atoms with van der Waals surface area (Å²) >= 11 is 0. The Kier molecular flexibility index (Phi) is 5.74. The van der Waals surface area contributed by atoms with E-state index in [1.807, 2.05) is 6.07 Å². The third-order valence-corrected chi connectivity index (χ3v) is 5.36. The molecule has 0 bridgehead atoms. The minimum absolute atomic E-state index is 0.0258. The van der Waals surface area contributed by atoms with Crippen molar-refractivity contribution >= 4 is 33.4 Å². The van der Waals surface area contributed by atoms with Crippen molar-refractivity contribution in [1.29, 1.82) is 0 Å². The first kappa shape index (κ1) is 19.6. The van der Waals surface area contributed by atoms with Gasteiger partial charge in [0.25, 0.3) is 15.9 Å². The van der Waals surface area contributed by atoms with E-state index < -0.39 is 28.0 Å². The van der Waals surface area contributed by atoms with Gasteiger partial charge in [0.1, 0.15) is 5.84 Å². The van der Waals surface area contributed by atoms with Gasteiger partial charge >= 0.3 is 5.97 Å². The number of carbonyl (C=O) groups is 2. The van der Waals surface area contributed by atoms with Gasteiger partial charge in [0, 0.05) is 11.3 Å². The molecule has 1 aliphatic heterocycles. The average molecular weight is 401 g/mol. The highest BCUT2D eigenvalue weighted by Crippen LogP contribution is 2.22. The Balaban J connectivity index is 1.52. The Morgan fingerprint density at radius 3 is 2.54 bits per heavy atom. The van der Waals surface area contributed by atoms with Crippen LogP contribution in [-0.4, -0.2) is 38.8 Å². The van der Waals surface area contributed by atoms with Gasteiger partial charge in [-0.2, -0.15) is 0 Å². The van der Waals surface area contributed by atoms with E-state index in [0.717, 1.165) is 0 Å². The van der Waals surface area contributed by atoms with E-state index in [-0.39, 0.29) is 23.7 Å². The summed E-state index contributed by atoms with van der Waals surface area (Å²) in [5, 5.41) is 2.65. The number of para-hydroxylation sites is 1. The highest BCUT2D eigenvalue weighted by Gasteiger charge is 2.30. The number of carbonyl (C=O) groups excluding carboxylic acids is 2. The van der Waals surface area contributed by atoms with Crippen molar-refractivity contribution in [3.63, 3.8) is 0 Å². The third-order valence-electron chi connectivity index (χ3n) is 3.97. The van der Waals surface area contributed by atoms with Crippen LogP contribution in [0.5, 0.6) is 0 Å². The SMILES string of the molecule is C[C@@H](OC(=O)CCN=C1NS(=O)(=O)c2ccccc21)C(=O)Nc1ccccc1. The van der Waals surface area contributed by atoms with Crippen LogP contribution < -0.4 is 10.0 Å². The number of amidine groups is 1. The van der Waals surface area contributed by atoms with Crippen molar-refractivity contribution < 1.29 is 22.7 Å². The molecular weight excluding hydrogens is 382 g/mol. The molecule has 0 saturated carbocycles. The number of hydrogen-bond acceptors (Lipinski definition) is 6. The number of aliphatic imine (C=N–C) groups is 1. The number of benzene rings is 2. The number of hydrogen-bond donors (Lipinski definition) is 2. The fourth-order valence-electron chi connectivity index (χ4n) is 2.59. The molecule has 1 aliphatic rings. The molecule has 0 saturated heterocycles. The molecule has 0 fully saturated rings. The van der Waals surface area contributed by atoms with Crippen molar-refractivity contribution in [3.8, 4) is 0 Å². The number of rotatable bonds is 6. The predicted octanol–water partition coefficient (Wildman–Crippen LogP) is 1.69. The normalized spacial score (nSPS) is 16.7. The number of nitrogens with zero attached hydrogens (tertiary/aromatic N) is 1. The van der Waals surface area contributed by atoms with Gasteiger partial charge in [-0.05, 0) is 31.2 Å². The summed E-state index contributed by atoms with van der Waals surface area (Å²) in [5.74, 6) is -0.851. The lowest BCUT2D eigenvalue weighted by Gasteiger charge is -2.13. The number of sulfonamides is 1. The predicted molar refractivity (Wildman–Crippen MR) is 103 cm³/mol. The molecule has 2 aromatic carbocycles. The summed E-state index contributed by atoms with van der Waals surface area (Å²) in [7, 11) is -3.62. The molecule has 3 rings (SSSR count). The van der Waals surface area contributed by atoms with Crippen LogP contribution in [0, 0.1) is 0 Å². The van der Waals surface area contributed by atoms with E-state index in [1.54, 1.807) is 42.5 Å². The first-order chi connectivity index (χ1) is 13.4. The zero-order valence-corrected chi connectivity index (χ0v) is 15.9. The van der Waals surface area contributed by atoms with Gasteiger partial charge < -0.3 is 10.1 Å². The molecule has 2 N–H and O–H groups in total. The van der Waals surface area contributed by atoms with E-state index in [4.69, 9.17) is 4.74 Å². The van der Waals surface area contributed by atoms with E-state index in [0.29, 0.717) is 11.3 Å². The summed E-state index contributed by atoms with van der Waals surface area (Å²) < 4.78 is 31.5. The van der Waals surface area contributed by atoms with Crippen LogP contribution in [0.25, 0.3) is 0 Å². The van der Waals surface area contributed by atoms with E-state index >= 15 is 0 Å². The number of anilines is 1. The quantitative estimate of drug-likeness (QED) is 0.715. The first-order valence-electron chi connectivity index (χ1n) is 8.59. The molecule has 0 spiro atoms. The number of esters is 1. The Morgan fingerprint density at radius 2 is 1.79 bits per heavy atom. The molecule has 0 aromatic heterocycles. The summed E-state index contributed by atoms with van der Waals surface area (Å²) in [6, 6.07) is 15.3. The molecule has 1 heterocycles. The molecule has 0 unspecified atom stereocenters. The maximum Gasteiger partial charge on any atom is 0.308 e. The number of fused-ring (bicyclic) bond motifs is 1. The Morgan fingerprint density at radius 1 is 1.11 bits per heavy atom. The highest BCUT2D eigenvalue weighted by atomic mass is 32.2. The van der Waals surface area contributed by atoms with Gasteiger partial charge in [-0.25, -0.2) is 8.42 Å². The second kappa shape index (κ2) is 8.22. The molecule has 1 amide bonds. The minimum Gasteiger partial charge on any atom is -0.452 e. The van der Waals surface area contributed by atoms with Gasteiger partial charge in [0.05, 0.1) is 17.9 Å². The Hall–Kier alpha value is -3.20. The monoisotopic (exact) mass is 401 g/mol. The van der Waals surface area contributed by atoms with Crippen LogP contribution in [-0.2, 0) is 24.3 Å². The molecule has 0 radical (unpaired) electrons. The summed E-state index contributed by atoms with van der Waals surface area (Å²) in [6.07, 6.45) is -1.05. The molecule has 2 aromatic rings. The number of amides is 1. The fraction of sp³-hybridized carbons (Fsp3) is 0.211. The maximum atomic E-state index is 12.0. The number of nitrogens with one attached hydrogen (secondary N) is 2. The topological polar surface area (TPSA) is 114 Å². The Labute approximate surface area is 162 Å². The lowest BCUT2D eigenvalue weighted by Crippen LogP contribution is -2.30. The summed E-state index contributed by atoms with van der Waals surface area (Å²) in [4.78, 5) is 28.3. The van der Waals surface area contributed by atoms with Crippen LogP contribution in [0.4, 0.5) is 5.69 Å². The largest absolute Gasteiger partial charge is 0.452 e. The van der Waals surface area contributed by atoms with Gasteiger partial charge in [-0.1, -0.05) is 30.3 Å². The van der Waals surface area contributed by atoms with Crippen LogP contribution >= 0.6 is 0 Å². The maximum absolute atomic E-state index is 12.0. The van der Waals surface area contributed by atoms with Crippen LogP contribution in [0.1, 0.15) is 18.9 Å². The Bertz CT molecular complexity index is 1020. The average Bonchev–Trinajstić information content (AvgIpc) is 2.93. The second-order valence-electron chi connectivity index (χ2n) is 6.07. The van der Waals surface area contributed by atoms with E-state index in [2.05, 4.69) is 15.0 Å². The lowest BCUT2D eigenvalue weighted by molar-refractivity contribution is -0.152. The smallest absolute Gasteiger partial charge is 0.308 e. The van der Waals surface area contributed by atoms with Gasteiger partial charge in [-0.15, -0.1) is 0 Å². The molecule has 0 aliphatic carbocycles. The van der Waals surface area contributed by atoms with Gasteiger partial charge in [0.2, 0.25) is 0 Å². The minimum atomic E-state index is -3.62. The molecule has 9 heteroatoms. The third kappa shape index (κ3) is 4.55. The highest BCUT2D eigenvalue weighted by molar-refractivity contribution is 7.90. The van der Waals surface area contributed by atoms with Crippen molar-refractivity contribution in [2.75, 3.05) is 11.9 Å². The van der Waals surface area contributed by atoms with Crippen molar-refractivity contribution in [2.24, 2.45) is 4.99 Å². The van der Waals surface area contributed by atoms with E-state index in [1.165, 1.54) is 13.0 Å². The van der Waals surface area contributed by atoms with Crippen LogP contribution in [0.15, 0.2) is 64.5 Å². The number of ether oxygens (including phenoxy) is 1. The summed E-state index contributed by atoms with van der Waals surface area (Å²) in [6.45, 7) is 1.50. The molecule has 8 nitrogen and oxygen atoms in total. The van der Waals surface area contributed by atoms with Crippen molar-refractivity contribution in [3.05, 3.63) is 60.2 Å². The van der Waals surface area contributed by atoms with Gasteiger partial charge in [0.15, 0.2) is 6.10 Å². The molecule has 146 valence electrons. The van der Waals surface area contributed by atoms with Crippen LogP contribution in [0.2, 0.25) is 0 Å². The van der Waals surface area contributed by atoms with Crippen molar-refractivity contribution in [2.45, 2.75) is 24.3 Å². The van der Waals surface area contributed by atoms with Crippen LogP contribution in [0.3, 0.4) is 0 Å². The standard InChI is InChI=1S/C19H19N3O5S/c1-13(19(24)21-14-7-3-2-4-8-14)27-17(23)11-12-20-18-15-9-5-6-10-16(15)28(25,26)22-18/h2-10,13H,11-12H2,1H3,(H,20,22)(H,21,24)/t13-/m1/s1. The zero-order valence-electron chi connectivity index (χ0n) is 15.1. The van der Waals surface area contributed by atoms with Crippen molar-refractivity contribution in [1.82, 2.24) is 4.72 Å². The molecule has 28 heavy (non-hydrogen) atoms. The fourth-order valence-corrected chi connectivity index (χ4v) is 3.84.